The molecule has 0 bridgehead atoms. The lowest BCUT2D eigenvalue weighted by Crippen LogP contribution is -2.34. The molecule has 0 aromatic heterocycles. The summed E-state index contributed by atoms with van der Waals surface area (Å²) in [6, 6.07) is 5.47. The van der Waals surface area contributed by atoms with Crippen LogP contribution in [-0.4, -0.2) is 25.3 Å². The Morgan fingerprint density at radius 3 is 2.58 bits per heavy atom. The normalized spacial score (nSPS) is 16.0. The summed E-state index contributed by atoms with van der Waals surface area (Å²) in [6.07, 6.45) is 3.93. The van der Waals surface area contributed by atoms with Crippen LogP contribution < -0.4 is 0 Å². The molecule has 0 aliphatic heterocycles. The van der Waals surface area contributed by atoms with E-state index in [-0.39, 0.29) is 6.04 Å². The number of benzene rings is 1. The minimum atomic E-state index is -3.34. The zero-order chi connectivity index (χ0) is 14.0. The van der Waals surface area contributed by atoms with Crippen LogP contribution in [0, 0.1) is 6.92 Å². The highest BCUT2D eigenvalue weighted by atomic mass is 79.9. The Balaban J connectivity index is 2.30. The van der Waals surface area contributed by atoms with Crippen LogP contribution in [0.15, 0.2) is 27.6 Å². The van der Waals surface area contributed by atoms with E-state index in [9.17, 15) is 8.42 Å². The molecule has 0 N–H and O–H groups in total. The van der Waals surface area contributed by atoms with Crippen molar-refractivity contribution in [3.63, 3.8) is 0 Å². The molecule has 19 heavy (non-hydrogen) atoms. The van der Waals surface area contributed by atoms with E-state index in [4.69, 9.17) is 0 Å². The van der Waals surface area contributed by atoms with Crippen LogP contribution in [0.1, 0.15) is 38.2 Å². The molecule has 0 unspecified atom stereocenters. The Labute approximate surface area is 124 Å². The zero-order valence-corrected chi connectivity index (χ0v) is 13.8. The minimum Gasteiger partial charge on any atom is -0.207 e. The van der Waals surface area contributed by atoms with Crippen molar-refractivity contribution in [1.82, 2.24) is 4.31 Å². The number of halogens is 1. The Hall–Kier alpha value is -0.390. The maximum atomic E-state index is 12.7. The van der Waals surface area contributed by atoms with Crippen LogP contribution in [0.25, 0.3) is 0 Å². The molecule has 0 amide bonds. The molecular formula is C14H20BrNO2S. The fourth-order valence-corrected chi connectivity index (χ4v) is 4.14. The van der Waals surface area contributed by atoms with E-state index in [1.54, 1.807) is 16.4 Å². The molecule has 0 saturated heterocycles. The van der Waals surface area contributed by atoms with Gasteiger partial charge in [0.15, 0.2) is 0 Å². The number of unbranched alkanes of at least 4 members (excludes halogenated alkanes) is 1. The number of rotatable bonds is 6. The van der Waals surface area contributed by atoms with Gasteiger partial charge in [0.2, 0.25) is 10.0 Å². The average Bonchev–Trinajstić information content (AvgIpc) is 3.17. The molecule has 3 nitrogen and oxygen atoms in total. The first-order valence-electron chi connectivity index (χ1n) is 6.75. The molecule has 1 aliphatic carbocycles. The summed E-state index contributed by atoms with van der Waals surface area (Å²) in [4.78, 5) is 0.413. The van der Waals surface area contributed by atoms with E-state index in [0.29, 0.717) is 11.4 Å². The summed E-state index contributed by atoms with van der Waals surface area (Å²) >= 11 is 3.41. The van der Waals surface area contributed by atoms with Crippen molar-refractivity contribution in [2.24, 2.45) is 0 Å². The summed E-state index contributed by atoms with van der Waals surface area (Å²) in [7, 11) is -3.34. The number of hydrogen-bond donors (Lipinski definition) is 0. The number of aryl methyl sites for hydroxylation is 1. The third-order valence-corrected chi connectivity index (χ3v) is 6.26. The van der Waals surface area contributed by atoms with Gasteiger partial charge in [0.05, 0.1) is 4.90 Å². The highest BCUT2D eigenvalue weighted by molar-refractivity contribution is 9.10. The highest BCUT2D eigenvalue weighted by Gasteiger charge is 2.37. The van der Waals surface area contributed by atoms with Crippen molar-refractivity contribution in [2.45, 2.75) is 50.5 Å². The van der Waals surface area contributed by atoms with Gasteiger partial charge >= 0.3 is 0 Å². The van der Waals surface area contributed by atoms with Crippen molar-refractivity contribution in [1.29, 1.82) is 0 Å². The summed E-state index contributed by atoms with van der Waals surface area (Å²) in [5, 5.41) is 0. The van der Waals surface area contributed by atoms with Gasteiger partial charge in [-0.3, -0.25) is 0 Å². The first-order chi connectivity index (χ1) is 8.96. The molecule has 1 fully saturated rings. The van der Waals surface area contributed by atoms with Crippen LogP contribution in [-0.2, 0) is 10.0 Å². The van der Waals surface area contributed by atoms with Crippen molar-refractivity contribution >= 4 is 26.0 Å². The Kier molecular flexibility index (Phi) is 4.69. The summed E-state index contributed by atoms with van der Waals surface area (Å²) in [5.41, 5.74) is 0.951. The van der Waals surface area contributed by atoms with Crippen LogP contribution in [0.2, 0.25) is 0 Å². The Morgan fingerprint density at radius 2 is 2.05 bits per heavy atom. The molecule has 0 atom stereocenters. The maximum absolute atomic E-state index is 12.7. The Morgan fingerprint density at radius 1 is 1.37 bits per heavy atom. The van der Waals surface area contributed by atoms with Crippen LogP contribution >= 0.6 is 15.9 Å². The van der Waals surface area contributed by atoms with Gasteiger partial charge in [0.1, 0.15) is 0 Å². The molecule has 2 rings (SSSR count). The van der Waals surface area contributed by atoms with Gasteiger partial charge < -0.3 is 0 Å². The van der Waals surface area contributed by atoms with E-state index in [2.05, 4.69) is 22.9 Å². The van der Waals surface area contributed by atoms with Gasteiger partial charge in [-0.2, -0.15) is 4.31 Å². The van der Waals surface area contributed by atoms with Crippen molar-refractivity contribution in [3.05, 3.63) is 28.2 Å². The third-order valence-electron chi connectivity index (χ3n) is 3.42. The van der Waals surface area contributed by atoms with Crippen molar-refractivity contribution < 1.29 is 8.42 Å². The van der Waals surface area contributed by atoms with Crippen LogP contribution in [0.4, 0.5) is 0 Å². The van der Waals surface area contributed by atoms with E-state index in [0.717, 1.165) is 35.7 Å². The fraction of sp³-hybridized carbons (Fsp3) is 0.571. The van der Waals surface area contributed by atoms with E-state index in [1.165, 1.54) is 0 Å². The monoisotopic (exact) mass is 345 g/mol. The topological polar surface area (TPSA) is 37.4 Å². The predicted molar refractivity (Wildman–Crippen MR) is 80.7 cm³/mol. The van der Waals surface area contributed by atoms with Crippen molar-refractivity contribution in [2.75, 3.05) is 6.54 Å². The molecule has 106 valence electrons. The van der Waals surface area contributed by atoms with Crippen LogP contribution in [0.3, 0.4) is 0 Å². The Bertz CT molecular complexity index is 553. The van der Waals surface area contributed by atoms with Gasteiger partial charge in [-0.15, -0.1) is 0 Å². The van der Waals surface area contributed by atoms with Gasteiger partial charge in [-0.05, 0) is 49.9 Å². The second kappa shape index (κ2) is 5.94. The second-order valence-corrected chi connectivity index (χ2v) is 7.86. The minimum absolute atomic E-state index is 0.223. The largest absolute Gasteiger partial charge is 0.243 e. The maximum Gasteiger partial charge on any atom is 0.243 e. The third kappa shape index (κ3) is 3.38. The molecular weight excluding hydrogens is 326 g/mol. The van der Waals surface area contributed by atoms with Crippen molar-refractivity contribution in [3.8, 4) is 0 Å². The SMILES string of the molecule is CCCCN(C1CC1)S(=O)(=O)c1ccc(Br)c(C)c1. The molecule has 1 aliphatic rings. The van der Waals surface area contributed by atoms with E-state index < -0.39 is 10.0 Å². The molecule has 1 aromatic rings. The molecule has 0 radical (unpaired) electrons. The molecule has 0 heterocycles. The highest BCUT2D eigenvalue weighted by Crippen LogP contribution is 2.33. The number of nitrogens with zero attached hydrogens (tertiary/aromatic N) is 1. The first kappa shape index (κ1) is 15.0. The van der Waals surface area contributed by atoms with Crippen LogP contribution in [0.5, 0.6) is 0 Å². The van der Waals surface area contributed by atoms with Gasteiger partial charge in [-0.25, -0.2) is 8.42 Å². The van der Waals surface area contributed by atoms with E-state index in [1.807, 2.05) is 13.0 Å². The predicted octanol–water partition coefficient (Wildman–Crippen LogP) is 3.71. The summed E-state index contributed by atoms with van der Waals surface area (Å²) < 4.78 is 28.0. The molecule has 5 heteroatoms. The van der Waals surface area contributed by atoms with E-state index >= 15 is 0 Å². The zero-order valence-electron chi connectivity index (χ0n) is 11.4. The lowest BCUT2D eigenvalue weighted by Gasteiger charge is -2.22. The average molecular weight is 346 g/mol. The quantitative estimate of drug-likeness (QED) is 0.787. The lowest BCUT2D eigenvalue weighted by molar-refractivity contribution is 0.395. The van der Waals surface area contributed by atoms with Gasteiger partial charge in [0, 0.05) is 17.1 Å². The fourth-order valence-electron chi connectivity index (χ4n) is 2.09. The summed E-state index contributed by atoms with van der Waals surface area (Å²) in [6.45, 7) is 4.64. The van der Waals surface area contributed by atoms with Gasteiger partial charge in [0.25, 0.3) is 0 Å². The smallest absolute Gasteiger partial charge is 0.207 e. The molecule has 1 saturated carbocycles. The summed E-state index contributed by atoms with van der Waals surface area (Å²) in [5.74, 6) is 0. The number of hydrogen-bond acceptors (Lipinski definition) is 2. The lowest BCUT2D eigenvalue weighted by atomic mass is 10.2. The standard InChI is InChI=1S/C14H20BrNO2S/c1-3-4-9-16(12-5-6-12)19(17,18)13-7-8-14(15)11(2)10-13/h7-8,10,12H,3-6,9H2,1-2H3. The molecule has 1 aromatic carbocycles. The second-order valence-electron chi connectivity index (χ2n) is 5.11. The number of sulfonamides is 1. The first-order valence-corrected chi connectivity index (χ1v) is 8.98. The molecule has 0 spiro atoms. The van der Waals surface area contributed by atoms with Gasteiger partial charge in [-0.1, -0.05) is 29.3 Å².